The Morgan fingerprint density at radius 2 is 2.04 bits per heavy atom. The monoisotopic (exact) mass is 357 g/mol. The standard InChI is InChI=1S/C19H20ClN3O2/c1-23(14-7-12-9-17(24)21-10-13(12)8-14)19(25)16-6-5-11-3-2-4-15(20)18(11)22-16/h2-6,12-14H,7-10H2,1H3,(H,21,24)/t12-,13+,14-/m1/s1. The van der Waals surface area contributed by atoms with Gasteiger partial charge in [-0.1, -0.05) is 29.8 Å². The van der Waals surface area contributed by atoms with Crippen LogP contribution < -0.4 is 5.32 Å². The Hall–Kier alpha value is -2.14. The summed E-state index contributed by atoms with van der Waals surface area (Å²) in [4.78, 5) is 30.7. The molecule has 1 aliphatic carbocycles. The van der Waals surface area contributed by atoms with Crippen molar-refractivity contribution in [1.82, 2.24) is 15.2 Å². The summed E-state index contributed by atoms with van der Waals surface area (Å²) in [5, 5.41) is 4.40. The van der Waals surface area contributed by atoms with Gasteiger partial charge in [0.2, 0.25) is 5.91 Å². The topological polar surface area (TPSA) is 62.3 Å². The molecule has 1 aliphatic heterocycles. The number of para-hydroxylation sites is 1. The van der Waals surface area contributed by atoms with Crippen molar-refractivity contribution in [2.75, 3.05) is 13.6 Å². The molecule has 2 amide bonds. The van der Waals surface area contributed by atoms with Crippen LogP contribution in [0.15, 0.2) is 30.3 Å². The number of hydrogen-bond acceptors (Lipinski definition) is 3. The summed E-state index contributed by atoms with van der Waals surface area (Å²) in [6.07, 6.45) is 2.39. The summed E-state index contributed by atoms with van der Waals surface area (Å²) in [6, 6.07) is 9.36. The predicted octanol–water partition coefficient (Wildman–Crippen LogP) is 2.87. The number of rotatable bonds is 2. The van der Waals surface area contributed by atoms with Gasteiger partial charge < -0.3 is 10.2 Å². The zero-order chi connectivity index (χ0) is 17.6. The Labute approximate surface area is 151 Å². The van der Waals surface area contributed by atoms with Crippen LogP contribution >= 0.6 is 11.6 Å². The maximum Gasteiger partial charge on any atom is 0.272 e. The minimum atomic E-state index is -0.0928. The Morgan fingerprint density at radius 1 is 1.24 bits per heavy atom. The highest BCUT2D eigenvalue weighted by Gasteiger charge is 2.40. The Bertz CT molecular complexity index is 854. The molecule has 4 rings (SSSR count). The normalized spacial score (nSPS) is 25.5. The van der Waals surface area contributed by atoms with E-state index in [-0.39, 0.29) is 17.9 Å². The molecule has 1 saturated carbocycles. The summed E-state index contributed by atoms with van der Waals surface area (Å²) >= 11 is 6.21. The zero-order valence-corrected chi connectivity index (χ0v) is 14.8. The van der Waals surface area contributed by atoms with Crippen LogP contribution in [0, 0.1) is 11.8 Å². The van der Waals surface area contributed by atoms with Gasteiger partial charge in [0.1, 0.15) is 5.69 Å². The van der Waals surface area contributed by atoms with E-state index in [2.05, 4.69) is 10.3 Å². The quantitative estimate of drug-likeness (QED) is 0.899. The van der Waals surface area contributed by atoms with E-state index in [9.17, 15) is 9.59 Å². The van der Waals surface area contributed by atoms with Crippen LogP contribution in [0.5, 0.6) is 0 Å². The van der Waals surface area contributed by atoms with Gasteiger partial charge in [-0.05, 0) is 36.8 Å². The minimum absolute atomic E-state index is 0.0928. The van der Waals surface area contributed by atoms with Crippen LogP contribution in [-0.2, 0) is 4.79 Å². The number of carbonyl (C=O) groups excluding carboxylic acids is 2. The van der Waals surface area contributed by atoms with E-state index in [0.29, 0.717) is 34.5 Å². The third-order valence-electron chi connectivity index (χ3n) is 5.58. The number of halogens is 1. The lowest BCUT2D eigenvalue weighted by Crippen LogP contribution is -2.38. The highest BCUT2D eigenvalue weighted by molar-refractivity contribution is 6.35. The second-order valence-corrected chi connectivity index (χ2v) is 7.48. The van der Waals surface area contributed by atoms with Gasteiger partial charge in [0, 0.05) is 31.4 Å². The van der Waals surface area contributed by atoms with Gasteiger partial charge in [0.15, 0.2) is 0 Å². The van der Waals surface area contributed by atoms with E-state index in [4.69, 9.17) is 11.6 Å². The number of hydrogen-bond donors (Lipinski definition) is 1. The van der Waals surface area contributed by atoms with Crippen LogP contribution in [0.2, 0.25) is 5.02 Å². The Balaban J connectivity index is 1.54. The molecule has 1 aromatic carbocycles. The molecule has 0 radical (unpaired) electrons. The molecule has 25 heavy (non-hydrogen) atoms. The molecule has 2 aliphatic rings. The van der Waals surface area contributed by atoms with Crippen LogP contribution in [0.25, 0.3) is 10.9 Å². The fourth-order valence-electron chi connectivity index (χ4n) is 4.13. The maximum atomic E-state index is 12.9. The first kappa shape index (κ1) is 16.3. The lowest BCUT2D eigenvalue weighted by molar-refractivity contribution is -0.124. The molecule has 3 atom stereocenters. The molecular weight excluding hydrogens is 338 g/mol. The minimum Gasteiger partial charge on any atom is -0.356 e. The van der Waals surface area contributed by atoms with E-state index < -0.39 is 0 Å². The van der Waals surface area contributed by atoms with Gasteiger partial charge in [-0.15, -0.1) is 0 Å². The number of fused-ring (bicyclic) bond motifs is 2. The fourth-order valence-corrected chi connectivity index (χ4v) is 4.35. The summed E-state index contributed by atoms with van der Waals surface area (Å²) < 4.78 is 0. The number of piperidine rings is 1. The molecular formula is C19H20ClN3O2. The first-order valence-electron chi connectivity index (χ1n) is 8.62. The van der Waals surface area contributed by atoms with Crippen molar-refractivity contribution in [2.45, 2.75) is 25.3 Å². The van der Waals surface area contributed by atoms with Crippen molar-refractivity contribution in [3.8, 4) is 0 Å². The highest BCUT2D eigenvalue weighted by atomic mass is 35.5. The zero-order valence-electron chi connectivity index (χ0n) is 14.0. The summed E-state index contributed by atoms with van der Waals surface area (Å²) in [5.41, 5.74) is 1.06. The number of amides is 2. The summed E-state index contributed by atoms with van der Waals surface area (Å²) in [7, 11) is 1.83. The fraction of sp³-hybridized carbons (Fsp3) is 0.421. The van der Waals surface area contributed by atoms with Gasteiger partial charge in [-0.3, -0.25) is 9.59 Å². The number of nitrogens with one attached hydrogen (secondary N) is 1. The van der Waals surface area contributed by atoms with Crippen molar-refractivity contribution in [3.63, 3.8) is 0 Å². The first-order valence-corrected chi connectivity index (χ1v) is 9.00. The summed E-state index contributed by atoms with van der Waals surface area (Å²) in [5.74, 6) is 0.886. The van der Waals surface area contributed by atoms with Gasteiger partial charge in [-0.25, -0.2) is 4.98 Å². The van der Waals surface area contributed by atoms with E-state index in [1.807, 2.05) is 25.2 Å². The average molecular weight is 358 g/mol. The smallest absolute Gasteiger partial charge is 0.272 e. The number of benzene rings is 1. The molecule has 1 saturated heterocycles. The molecule has 1 aromatic heterocycles. The molecule has 6 heteroatoms. The molecule has 0 spiro atoms. The van der Waals surface area contributed by atoms with Gasteiger partial charge in [0.25, 0.3) is 5.91 Å². The van der Waals surface area contributed by atoms with Crippen molar-refractivity contribution in [3.05, 3.63) is 41.0 Å². The lowest BCUT2D eigenvalue weighted by atomic mass is 9.89. The molecule has 0 unspecified atom stereocenters. The van der Waals surface area contributed by atoms with Crippen LogP contribution in [0.4, 0.5) is 0 Å². The van der Waals surface area contributed by atoms with Crippen molar-refractivity contribution in [2.24, 2.45) is 11.8 Å². The largest absolute Gasteiger partial charge is 0.356 e. The molecule has 0 bridgehead atoms. The molecule has 130 valence electrons. The average Bonchev–Trinajstić information content (AvgIpc) is 3.03. The Morgan fingerprint density at radius 3 is 2.88 bits per heavy atom. The van der Waals surface area contributed by atoms with Gasteiger partial charge in [-0.2, -0.15) is 0 Å². The first-order chi connectivity index (χ1) is 12.0. The van der Waals surface area contributed by atoms with Crippen molar-refractivity contribution in [1.29, 1.82) is 0 Å². The van der Waals surface area contributed by atoms with Crippen LogP contribution in [0.3, 0.4) is 0 Å². The second kappa shape index (κ2) is 6.30. The van der Waals surface area contributed by atoms with E-state index >= 15 is 0 Å². The number of nitrogens with zero attached hydrogens (tertiary/aromatic N) is 2. The summed E-state index contributed by atoms with van der Waals surface area (Å²) in [6.45, 7) is 0.728. The lowest BCUT2D eigenvalue weighted by Gasteiger charge is -2.24. The number of carbonyl (C=O) groups is 2. The molecule has 5 nitrogen and oxygen atoms in total. The number of pyridine rings is 1. The third-order valence-corrected chi connectivity index (χ3v) is 5.89. The third kappa shape index (κ3) is 2.97. The van der Waals surface area contributed by atoms with Crippen molar-refractivity contribution < 1.29 is 9.59 Å². The maximum absolute atomic E-state index is 12.9. The molecule has 2 heterocycles. The molecule has 2 aromatic rings. The van der Waals surface area contributed by atoms with Crippen LogP contribution in [-0.4, -0.2) is 41.3 Å². The Kier molecular flexibility index (Phi) is 4.12. The SMILES string of the molecule is CN(C(=O)c1ccc2cccc(Cl)c2n1)[C@H]1C[C@H]2CNC(=O)C[C@H]2C1. The van der Waals surface area contributed by atoms with E-state index in [1.54, 1.807) is 17.0 Å². The highest BCUT2D eigenvalue weighted by Crippen LogP contribution is 2.38. The van der Waals surface area contributed by atoms with Gasteiger partial charge in [0.05, 0.1) is 10.5 Å². The van der Waals surface area contributed by atoms with E-state index in [0.717, 1.165) is 24.8 Å². The molecule has 1 N–H and O–H groups in total. The van der Waals surface area contributed by atoms with Gasteiger partial charge >= 0.3 is 0 Å². The second-order valence-electron chi connectivity index (χ2n) is 7.08. The predicted molar refractivity (Wildman–Crippen MR) is 96.5 cm³/mol. The molecule has 2 fully saturated rings. The van der Waals surface area contributed by atoms with E-state index in [1.165, 1.54) is 0 Å². The van der Waals surface area contributed by atoms with Crippen molar-refractivity contribution >= 4 is 34.3 Å². The van der Waals surface area contributed by atoms with Crippen LogP contribution in [0.1, 0.15) is 29.8 Å². The number of aromatic nitrogens is 1.